The van der Waals surface area contributed by atoms with Gasteiger partial charge < -0.3 is 23.1 Å². The van der Waals surface area contributed by atoms with E-state index in [1.54, 1.807) is 13.8 Å². The van der Waals surface area contributed by atoms with Crippen LogP contribution >= 0.6 is 18.9 Å². The Bertz CT molecular complexity index is 1100. The molecule has 4 rings (SSSR count). The van der Waals surface area contributed by atoms with Crippen LogP contribution in [0.25, 0.3) is 11.3 Å². The van der Waals surface area contributed by atoms with Crippen LogP contribution in [0.3, 0.4) is 0 Å². The lowest BCUT2D eigenvalue weighted by Crippen LogP contribution is -2.38. The number of benzene rings is 1. The van der Waals surface area contributed by atoms with E-state index in [9.17, 15) is 4.57 Å². The summed E-state index contributed by atoms with van der Waals surface area (Å²) in [4.78, 5) is 10.9. The Labute approximate surface area is 196 Å². The average Bonchev–Trinajstić information content (AvgIpc) is 3.49. The lowest BCUT2D eigenvalue weighted by Gasteiger charge is -2.27. The second-order valence-electron chi connectivity index (χ2n) is 6.89. The van der Waals surface area contributed by atoms with Crippen LogP contribution in [-0.4, -0.2) is 55.7 Å². The number of morpholine rings is 1. The van der Waals surface area contributed by atoms with Crippen molar-refractivity contribution >= 4 is 41.6 Å². The highest BCUT2D eigenvalue weighted by molar-refractivity contribution is 7.62. The van der Waals surface area contributed by atoms with Gasteiger partial charge in [0.1, 0.15) is 6.21 Å². The molecule has 1 aliphatic heterocycles. The smallest absolute Gasteiger partial charge is 0.385 e. The van der Waals surface area contributed by atoms with Crippen molar-refractivity contribution < 1.29 is 22.8 Å². The van der Waals surface area contributed by atoms with Crippen molar-refractivity contribution in [3.05, 3.63) is 41.6 Å². The van der Waals surface area contributed by atoms with Crippen LogP contribution in [0.2, 0.25) is 0 Å². The quantitative estimate of drug-likeness (QED) is 0.256. The van der Waals surface area contributed by atoms with E-state index in [-0.39, 0.29) is 24.5 Å². The first-order valence-corrected chi connectivity index (χ1v) is 13.1. The van der Waals surface area contributed by atoms with Crippen molar-refractivity contribution in [3.8, 4) is 11.3 Å². The van der Waals surface area contributed by atoms with Crippen LogP contribution in [0.4, 0.5) is 11.0 Å². The Morgan fingerprint density at radius 1 is 1.18 bits per heavy atom. The third kappa shape index (κ3) is 5.69. The van der Waals surface area contributed by atoms with Gasteiger partial charge in [0.05, 0.1) is 32.1 Å². The Kier molecular flexibility index (Phi) is 7.89. The SMILES string of the molecule is CCOP(=O)(OCC)c1nc(C=NNc2nc(-c3ccccc3)cs2)oc1N1CCOCC1. The molecule has 0 amide bonds. The third-order valence-electron chi connectivity index (χ3n) is 4.67. The number of hydrazone groups is 1. The Hall–Kier alpha value is -2.56. The van der Waals surface area contributed by atoms with E-state index in [0.29, 0.717) is 37.3 Å². The number of nitrogens with zero attached hydrogens (tertiary/aromatic N) is 4. The monoisotopic (exact) mass is 491 g/mol. The zero-order valence-electron chi connectivity index (χ0n) is 18.5. The zero-order valence-corrected chi connectivity index (χ0v) is 20.2. The predicted octanol–water partition coefficient (Wildman–Crippen LogP) is 3.97. The lowest BCUT2D eigenvalue weighted by molar-refractivity contribution is 0.120. The number of thiazole rings is 1. The number of nitrogens with one attached hydrogen (secondary N) is 1. The summed E-state index contributed by atoms with van der Waals surface area (Å²) in [5, 5.41) is 6.77. The summed E-state index contributed by atoms with van der Waals surface area (Å²) in [6.45, 7) is 6.16. The fraction of sp³-hybridized carbons (Fsp3) is 0.381. The highest BCUT2D eigenvalue weighted by Crippen LogP contribution is 2.49. The highest BCUT2D eigenvalue weighted by atomic mass is 32.1. The highest BCUT2D eigenvalue weighted by Gasteiger charge is 2.37. The molecule has 2 aromatic heterocycles. The second kappa shape index (κ2) is 11.0. The molecule has 1 aromatic carbocycles. The summed E-state index contributed by atoms with van der Waals surface area (Å²) in [6, 6.07) is 9.90. The number of oxazole rings is 1. The number of aromatic nitrogens is 2. The maximum atomic E-state index is 13.4. The molecule has 1 aliphatic rings. The van der Waals surface area contributed by atoms with Crippen LogP contribution in [0.15, 0.2) is 45.2 Å². The van der Waals surface area contributed by atoms with Gasteiger partial charge in [-0.05, 0) is 13.8 Å². The number of ether oxygens (including phenoxy) is 1. The van der Waals surface area contributed by atoms with Crippen LogP contribution < -0.4 is 15.8 Å². The molecule has 176 valence electrons. The fourth-order valence-electron chi connectivity index (χ4n) is 3.23. The molecule has 1 fully saturated rings. The molecule has 0 spiro atoms. The fourth-order valence-corrected chi connectivity index (χ4v) is 5.54. The predicted molar refractivity (Wildman–Crippen MR) is 129 cm³/mol. The molecule has 0 atom stereocenters. The van der Waals surface area contributed by atoms with Gasteiger partial charge in [-0.2, -0.15) is 10.1 Å². The summed E-state index contributed by atoms with van der Waals surface area (Å²) in [7, 11) is -3.66. The van der Waals surface area contributed by atoms with Gasteiger partial charge in [-0.3, -0.25) is 9.99 Å². The largest absolute Gasteiger partial charge is 0.418 e. The van der Waals surface area contributed by atoms with Crippen molar-refractivity contribution in [3.63, 3.8) is 0 Å². The molecular formula is C21H26N5O5PS. The maximum Gasteiger partial charge on any atom is 0.385 e. The van der Waals surface area contributed by atoms with Crippen LogP contribution in [0.5, 0.6) is 0 Å². The van der Waals surface area contributed by atoms with Gasteiger partial charge in [0, 0.05) is 24.0 Å². The first kappa shape index (κ1) is 23.6. The summed E-state index contributed by atoms with van der Waals surface area (Å²) >= 11 is 1.43. The van der Waals surface area contributed by atoms with E-state index in [1.165, 1.54) is 17.6 Å². The summed E-state index contributed by atoms with van der Waals surface area (Å²) in [5.41, 5.74) is 4.93. The van der Waals surface area contributed by atoms with Crippen molar-refractivity contribution in [1.29, 1.82) is 0 Å². The van der Waals surface area contributed by atoms with Crippen molar-refractivity contribution in [1.82, 2.24) is 9.97 Å². The number of rotatable bonds is 10. The summed E-state index contributed by atoms with van der Waals surface area (Å²) in [5.74, 6) is 0.532. The molecule has 12 heteroatoms. The minimum absolute atomic E-state index is 0.148. The molecule has 0 unspecified atom stereocenters. The third-order valence-corrected chi connectivity index (χ3v) is 7.43. The zero-order chi connectivity index (χ0) is 23.1. The van der Waals surface area contributed by atoms with E-state index in [0.717, 1.165) is 11.3 Å². The molecule has 3 aromatic rings. The van der Waals surface area contributed by atoms with E-state index in [2.05, 4.69) is 20.5 Å². The van der Waals surface area contributed by atoms with E-state index in [4.69, 9.17) is 18.2 Å². The molecule has 1 N–H and O–H groups in total. The molecule has 0 aliphatic carbocycles. The molecule has 0 bridgehead atoms. The molecular weight excluding hydrogens is 465 g/mol. The van der Waals surface area contributed by atoms with Gasteiger partial charge in [0.2, 0.25) is 22.3 Å². The van der Waals surface area contributed by atoms with Crippen molar-refractivity contribution in [2.45, 2.75) is 13.8 Å². The molecule has 33 heavy (non-hydrogen) atoms. The first-order valence-electron chi connectivity index (χ1n) is 10.7. The molecule has 10 nitrogen and oxygen atoms in total. The molecule has 0 saturated carbocycles. The van der Waals surface area contributed by atoms with Crippen molar-refractivity contribution in [2.75, 3.05) is 49.8 Å². The minimum Gasteiger partial charge on any atom is -0.418 e. The standard InChI is InChI=1S/C21H26N5O5PS/c1-3-29-32(27,30-4-2)19-20(26-10-12-28-13-11-26)31-18(24-19)14-22-25-21-23-17(15-33-21)16-8-6-5-7-9-16/h5-9,14-15H,3-4,10-13H2,1-2H3,(H,23,25). The van der Waals surface area contributed by atoms with Crippen LogP contribution in [0, 0.1) is 0 Å². The van der Waals surface area contributed by atoms with Crippen LogP contribution in [-0.2, 0) is 18.3 Å². The van der Waals surface area contributed by atoms with E-state index in [1.807, 2.05) is 40.6 Å². The maximum absolute atomic E-state index is 13.4. The topological polar surface area (TPSA) is 111 Å². The van der Waals surface area contributed by atoms with Crippen molar-refractivity contribution in [2.24, 2.45) is 5.10 Å². The van der Waals surface area contributed by atoms with Gasteiger partial charge >= 0.3 is 7.60 Å². The van der Waals surface area contributed by atoms with E-state index < -0.39 is 7.60 Å². The number of anilines is 2. The Balaban J connectivity index is 1.55. The Morgan fingerprint density at radius 2 is 1.91 bits per heavy atom. The second-order valence-corrected chi connectivity index (χ2v) is 9.68. The molecule has 3 heterocycles. The summed E-state index contributed by atoms with van der Waals surface area (Å²) < 4.78 is 35.8. The van der Waals surface area contributed by atoms with Gasteiger partial charge in [0.25, 0.3) is 0 Å². The van der Waals surface area contributed by atoms with E-state index >= 15 is 0 Å². The molecule has 0 radical (unpaired) electrons. The van der Waals surface area contributed by atoms with Gasteiger partial charge in [-0.25, -0.2) is 4.98 Å². The number of hydrogen-bond acceptors (Lipinski definition) is 11. The van der Waals surface area contributed by atoms with Gasteiger partial charge in [-0.15, -0.1) is 11.3 Å². The minimum atomic E-state index is -3.66. The molecule has 1 saturated heterocycles. The normalized spacial score (nSPS) is 14.8. The van der Waals surface area contributed by atoms with Crippen LogP contribution in [0.1, 0.15) is 19.7 Å². The number of hydrogen-bond donors (Lipinski definition) is 1. The lowest BCUT2D eigenvalue weighted by atomic mass is 10.2. The van der Waals surface area contributed by atoms with Gasteiger partial charge in [0.15, 0.2) is 0 Å². The Morgan fingerprint density at radius 3 is 2.61 bits per heavy atom. The first-order chi connectivity index (χ1) is 16.1. The summed E-state index contributed by atoms with van der Waals surface area (Å²) in [6.07, 6.45) is 1.42. The van der Waals surface area contributed by atoms with Gasteiger partial charge in [-0.1, -0.05) is 30.3 Å². The average molecular weight is 492 g/mol.